The number of anilines is 1. The van der Waals surface area contributed by atoms with E-state index in [-0.39, 0.29) is 16.6 Å². The fourth-order valence-electron chi connectivity index (χ4n) is 2.38. The Morgan fingerprint density at radius 3 is 2.38 bits per heavy atom. The maximum atomic E-state index is 12.6. The zero-order valence-electron chi connectivity index (χ0n) is 14.9. The lowest BCUT2D eigenvalue weighted by atomic mass is 10.2. The number of nitrogens with two attached hydrogens (primary N) is 1. The summed E-state index contributed by atoms with van der Waals surface area (Å²) in [5.74, 6) is -0.683. The highest BCUT2D eigenvalue weighted by molar-refractivity contribution is 7.82. The Labute approximate surface area is 158 Å². The molecule has 9 heteroatoms. The summed E-state index contributed by atoms with van der Waals surface area (Å²) >= 11 is 4.97. The third kappa shape index (κ3) is 5.24. The molecule has 1 aromatic carbocycles. The minimum Gasteiger partial charge on any atom is -0.462 e. The number of nitrogens with one attached hydrogen (secondary N) is 1. The number of nitrogens with zero attached hydrogens (tertiary/aromatic N) is 3. The van der Waals surface area contributed by atoms with Crippen molar-refractivity contribution in [3.05, 3.63) is 29.8 Å². The molecule has 0 spiro atoms. The van der Waals surface area contributed by atoms with E-state index in [9.17, 15) is 9.59 Å². The molecule has 1 aliphatic heterocycles. The fourth-order valence-corrected chi connectivity index (χ4v) is 2.52. The van der Waals surface area contributed by atoms with Crippen LogP contribution in [0.3, 0.4) is 0 Å². The number of hydrazone groups is 1. The molecule has 1 aliphatic rings. The fraction of sp³-hybridized carbons (Fsp3) is 0.412. The van der Waals surface area contributed by atoms with Crippen LogP contribution in [0.15, 0.2) is 29.4 Å². The second-order valence-corrected chi connectivity index (χ2v) is 6.27. The molecule has 0 saturated carbocycles. The predicted octanol–water partition coefficient (Wildman–Crippen LogP) is 0.691. The molecular formula is C17H23N5O3S. The summed E-state index contributed by atoms with van der Waals surface area (Å²) in [4.78, 5) is 28.0. The standard InChI is InChI=1S/C17H23N5O3S/c1-3-25-17(24)12-4-6-13(7-5-12)19-20-14(15(18)26)16(23)22-10-8-21(2)9-11-22/h4-7,19H,3,8-11H2,1-2H3,(H2,18,26)/b20-14+. The van der Waals surface area contributed by atoms with Gasteiger partial charge in [0.05, 0.1) is 17.9 Å². The molecule has 1 saturated heterocycles. The summed E-state index contributed by atoms with van der Waals surface area (Å²) in [5.41, 5.74) is 9.48. The van der Waals surface area contributed by atoms with Gasteiger partial charge in [-0.1, -0.05) is 12.2 Å². The monoisotopic (exact) mass is 377 g/mol. The number of ether oxygens (including phenoxy) is 1. The number of hydrogen-bond acceptors (Lipinski definition) is 7. The molecule has 0 aromatic heterocycles. The molecule has 1 fully saturated rings. The Hall–Kier alpha value is -2.52. The van der Waals surface area contributed by atoms with Crippen LogP contribution >= 0.6 is 12.2 Å². The van der Waals surface area contributed by atoms with Gasteiger partial charge in [0.15, 0.2) is 5.71 Å². The Morgan fingerprint density at radius 1 is 1.23 bits per heavy atom. The molecule has 1 heterocycles. The number of hydrogen-bond donors (Lipinski definition) is 2. The molecule has 0 radical (unpaired) electrons. The first kappa shape index (κ1) is 19.8. The number of amides is 1. The van der Waals surface area contributed by atoms with Gasteiger partial charge in [-0.15, -0.1) is 0 Å². The highest BCUT2D eigenvalue weighted by Gasteiger charge is 2.25. The summed E-state index contributed by atoms with van der Waals surface area (Å²) in [5, 5.41) is 4.08. The van der Waals surface area contributed by atoms with Crippen LogP contribution in [0.5, 0.6) is 0 Å². The van der Waals surface area contributed by atoms with Crippen LogP contribution in [0.1, 0.15) is 17.3 Å². The van der Waals surface area contributed by atoms with Crippen molar-refractivity contribution in [3.8, 4) is 0 Å². The van der Waals surface area contributed by atoms with Crippen molar-refractivity contribution < 1.29 is 14.3 Å². The van der Waals surface area contributed by atoms with Gasteiger partial charge in [-0.3, -0.25) is 10.2 Å². The Bertz CT molecular complexity index is 697. The van der Waals surface area contributed by atoms with Gasteiger partial charge in [-0.25, -0.2) is 4.79 Å². The van der Waals surface area contributed by atoms with Gasteiger partial charge in [0.2, 0.25) is 0 Å². The van der Waals surface area contributed by atoms with E-state index >= 15 is 0 Å². The van der Waals surface area contributed by atoms with Gasteiger partial charge in [-0.2, -0.15) is 5.10 Å². The Kier molecular flexibility index (Phi) is 7.05. The average Bonchev–Trinajstić information content (AvgIpc) is 2.62. The number of likely N-dealkylation sites (N-methyl/N-ethyl adjacent to an activating group) is 1. The molecule has 8 nitrogen and oxygen atoms in total. The van der Waals surface area contributed by atoms with Crippen molar-refractivity contribution >= 4 is 40.5 Å². The van der Waals surface area contributed by atoms with Gasteiger partial charge in [-0.05, 0) is 38.2 Å². The maximum absolute atomic E-state index is 12.6. The summed E-state index contributed by atoms with van der Waals surface area (Å²) in [6.07, 6.45) is 0. The zero-order chi connectivity index (χ0) is 19.1. The average molecular weight is 377 g/mol. The van der Waals surface area contributed by atoms with Crippen LogP contribution in [-0.4, -0.2) is 72.2 Å². The highest BCUT2D eigenvalue weighted by Crippen LogP contribution is 2.11. The van der Waals surface area contributed by atoms with Gasteiger partial charge in [0, 0.05) is 26.2 Å². The number of rotatable bonds is 6. The van der Waals surface area contributed by atoms with Crippen LogP contribution in [0.2, 0.25) is 0 Å². The van der Waals surface area contributed by atoms with Gasteiger partial charge in [0.1, 0.15) is 4.99 Å². The van der Waals surface area contributed by atoms with E-state index in [0.29, 0.717) is 30.9 Å². The number of carbonyl (C=O) groups excluding carboxylic acids is 2. The number of piperazine rings is 1. The van der Waals surface area contributed by atoms with Crippen LogP contribution in [-0.2, 0) is 9.53 Å². The first-order valence-corrected chi connectivity index (χ1v) is 8.71. The molecule has 0 aliphatic carbocycles. The lowest BCUT2D eigenvalue weighted by molar-refractivity contribution is -0.125. The zero-order valence-corrected chi connectivity index (χ0v) is 15.7. The van der Waals surface area contributed by atoms with E-state index in [1.165, 1.54) is 0 Å². The van der Waals surface area contributed by atoms with Crippen molar-refractivity contribution in [2.24, 2.45) is 10.8 Å². The van der Waals surface area contributed by atoms with Crippen molar-refractivity contribution in [3.63, 3.8) is 0 Å². The van der Waals surface area contributed by atoms with E-state index in [2.05, 4.69) is 15.4 Å². The molecule has 1 aromatic rings. The summed E-state index contributed by atoms with van der Waals surface area (Å²) < 4.78 is 4.93. The van der Waals surface area contributed by atoms with Crippen molar-refractivity contribution in [2.45, 2.75) is 6.92 Å². The molecular weight excluding hydrogens is 354 g/mol. The van der Waals surface area contributed by atoms with E-state index in [1.54, 1.807) is 36.1 Å². The second kappa shape index (κ2) is 9.25. The van der Waals surface area contributed by atoms with Crippen molar-refractivity contribution in [1.29, 1.82) is 0 Å². The van der Waals surface area contributed by atoms with Crippen LogP contribution in [0, 0.1) is 0 Å². The van der Waals surface area contributed by atoms with E-state index in [1.807, 2.05) is 7.05 Å². The number of thiocarbonyl (C=S) groups is 1. The van der Waals surface area contributed by atoms with E-state index in [0.717, 1.165) is 13.1 Å². The Morgan fingerprint density at radius 2 is 1.85 bits per heavy atom. The second-order valence-electron chi connectivity index (χ2n) is 5.83. The number of esters is 1. The predicted molar refractivity (Wildman–Crippen MR) is 104 cm³/mol. The topological polar surface area (TPSA) is 100 Å². The third-order valence-corrected chi connectivity index (χ3v) is 4.11. The largest absolute Gasteiger partial charge is 0.462 e. The van der Waals surface area contributed by atoms with E-state index < -0.39 is 5.97 Å². The van der Waals surface area contributed by atoms with Crippen LogP contribution in [0.4, 0.5) is 5.69 Å². The normalized spacial score (nSPS) is 15.5. The molecule has 26 heavy (non-hydrogen) atoms. The molecule has 0 unspecified atom stereocenters. The van der Waals surface area contributed by atoms with Crippen molar-refractivity contribution in [1.82, 2.24) is 9.80 Å². The van der Waals surface area contributed by atoms with Crippen molar-refractivity contribution in [2.75, 3.05) is 45.3 Å². The molecule has 0 bridgehead atoms. The maximum Gasteiger partial charge on any atom is 0.338 e. The smallest absolute Gasteiger partial charge is 0.338 e. The van der Waals surface area contributed by atoms with Gasteiger partial charge < -0.3 is 20.3 Å². The summed E-state index contributed by atoms with van der Waals surface area (Å²) in [6.45, 7) is 4.85. The molecule has 0 atom stereocenters. The minimum absolute atomic E-state index is 0.0130. The van der Waals surface area contributed by atoms with Gasteiger partial charge >= 0.3 is 5.97 Å². The molecule has 1 amide bonds. The highest BCUT2D eigenvalue weighted by atomic mass is 32.1. The Balaban J connectivity index is 2.06. The summed E-state index contributed by atoms with van der Waals surface area (Å²) in [6, 6.07) is 6.54. The number of carbonyl (C=O) groups is 2. The molecule has 140 valence electrons. The van der Waals surface area contributed by atoms with Crippen LogP contribution < -0.4 is 11.2 Å². The first-order chi connectivity index (χ1) is 12.4. The number of benzene rings is 1. The summed E-state index contributed by atoms with van der Waals surface area (Å²) in [7, 11) is 2.01. The SMILES string of the molecule is CCOC(=O)c1ccc(N/N=C(/C(=O)N2CCN(C)CC2)C(N)=S)cc1. The molecule has 3 N–H and O–H groups in total. The van der Waals surface area contributed by atoms with E-state index in [4.69, 9.17) is 22.7 Å². The minimum atomic E-state index is -0.392. The molecule has 2 rings (SSSR count). The first-order valence-electron chi connectivity index (χ1n) is 8.31. The van der Waals surface area contributed by atoms with Gasteiger partial charge in [0.25, 0.3) is 5.91 Å². The van der Waals surface area contributed by atoms with Crippen LogP contribution in [0.25, 0.3) is 0 Å². The third-order valence-electron chi connectivity index (χ3n) is 3.92. The lowest BCUT2D eigenvalue weighted by Crippen LogP contribution is -2.51. The lowest BCUT2D eigenvalue weighted by Gasteiger charge is -2.32. The quantitative estimate of drug-likeness (QED) is 0.326.